The summed E-state index contributed by atoms with van der Waals surface area (Å²) < 4.78 is 10.8. The Kier molecular flexibility index (Phi) is 6.74. The second-order valence-electron chi connectivity index (χ2n) is 7.33. The minimum Gasteiger partial charge on any atom is -0.497 e. The van der Waals surface area contributed by atoms with Crippen LogP contribution in [-0.4, -0.2) is 68.8 Å². The van der Waals surface area contributed by atoms with Crippen LogP contribution >= 0.6 is 0 Å². The van der Waals surface area contributed by atoms with Gasteiger partial charge in [-0.15, -0.1) is 0 Å². The number of hydrogen-bond acceptors (Lipinski definition) is 4. The first kappa shape index (κ1) is 19.0. The molecule has 0 saturated carbocycles. The summed E-state index contributed by atoms with van der Waals surface area (Å²) in [5.41, 5.74) is 7.57. The number of guanidine groups is 1. The fourth-order valence-corrected chi connectivity index (χ4v) is 3.82. The maximum absolute atomic E-state index is 6.32. The van der Waals surface area contributed by atoms with Crippen molar-refractivity contribution in [3.8, 4) is 5.75 Å². The van der Waals surface area contributed by atoms with E-state index in [9.17, 15) is 0 Å². The van der Waals surface area contributed by atoms with Crippen molar-refractivity contribution in [1.82, 2.24) is 9.80 Å². The third kappa shape index (κ3) is 4.89. The van der Waals surface area contributed by atoms with E-state index in [0.717, 1.165) is 45.1 Å². The van der Waals surface area contributed by atoms with E-state index in [0.29, 0.717) is 18.4 Å². The summed E-state index contributed by atoms with van der Waals surface area (Å²) in [6.07, 6.45) is 2.48. The van der Waals surface area contributed by atoms with Crippen molar-refractivity contribution < 1.29 is 9.47 Å². The fraction of sp³-hybridized carbons (Fsp3) is 0.650. The molecule has 0 aromatic heterocycles. The minimum absolute atomic E-state index is 0.213. The molecule has 0 aliphatic carbocycles. The Labute approximate surface area is 157 Å². The van der Waals surface area contributed by atoms with Crippen molar-refractivity contribution in [3.63, 3.8) is 0 Å². The minimum atomic E-state index is 0.213. The Bertz CT molecular complexity index is 584. The monoisotopic (exact) mass is 360 g/mol. The molecule has 0 spiro atoms. The molecule has 0 amide bonds. The molecule has 1 aromatic carbocycles. The van der Waals surface area contributed by atoms with Crippen LogP contribution in [0.2, 0.25) is 0 Å². The highest BCUT2D eigenvalue weighted by Crippen LogP contribution is 2.25. The average molecular weight is 361 g/mol. The topological polar surface area (TPSA) is 63.3 Å². The maximum atomic E-state index is 6.32. The molecular weight excluding hydrogens is 328 g/mol. The van der Waals surface area contributed by atoms with Crippen LogP contribution in [0.3, 0.4) is 0 Å². The second-order valence-corrected chi connectivity index (χ2v) is 7.33. The maximum Gasteiger partial charge on any atom is 0.191 e. The predicted molar refractivity (Wildman–Crippen MR) is 105 cm³/mol. The van der Waals surface area contributed by atoms with Crippen LogP contribution < -0.4 is 10.5 Å². The molecule has 0 radical (unpaired) electrons. The van der Waals surface area contributed by atoms with Gasteiger partial charge in [-0.2, -0.15) is 0 Å². The van der Waals surface area contributed by atoms with Gasteiger partial charge in [0.15, 0.2) is 5.96 Å². The first-order valence-electron chi connectivity index (χ1n) is 9.68. The van der Waals surface area contributed by atoms with Crippen LogP contribution in [0.25, 0.3) is 0 Å². The Hall–Kier alpha value is -1.79. The summed E-state index contributed by atoms with van der Waals surface area (Å²) in [5, 5.41) is 0. The number of benzene rings is 1. The van der Waals surface area contributed by atoms with Gasteiger partial charge in [0.1, 0.15) is 5.75 Å². The van der Waals surface area contributed by atoms with E-state index in [4.69, 9.17) is 20.2 Å². The van der Waals surface area contributed by atoms with Gasteiger partial charge in [0.2, 0.25) is 0 Å². The third-order valence-electron chi connectivity index (χ3n) is 5.39. The smallest absolute Gasteiger partial charge is 0.191 e. The number of piperidine rings is 1. The van der Waals surface area contributed by atoms with E-state index >= 15 is 0 Å². The van der Waals surface area contributed by atoms with Gasteiger partial charge in [-0.1, -0.05) is 19.1 Å². The molecule has 2 aliphatic heterocycles. The van der Waals surface area contributed by atoms with Crippen molar-refractivity contribution in [2.45, 2.75) is 25.8 Å². The summed E-state index contributed by atoms with van der Waals surface area (Å²) in [4.78, 5) is 9.46. The number of aliphatic imine (C=N–C) groups is 1. The molecule has 144 valence electrons. The summed E-state index contributed by atoms with van der Waals surface area (Å²) in [6.45, 7) is 8.38. The number of rotatable bonds is 5. The van der Waals surface area contributed by atoms with Crippen molar-refractivity contribution >= 4 is 5.96 Å². The molecule has 2 atom stereocenters. The SMILES string of the molecule is COc1ccc(C(CN=C(N)N2CCCC(C)C2)N2CCOCC2)cc1. The van der Waals surface area contributed by atoms with Gasteiger partial charge in [-0.05, 0) is 36.5 Å². The third-order valence-corrected chi connectivity index (χ3v) is 5.39. The molecule has 2 N–H and O–H groups in total. The zero-order valence-corrected chi connectivity index (χ0v) is 16.1. The highest BCUT2D eigenvalue weighted by Gasteiger charge is 2.23. The molecule has 1 aromatic rings. The number of ether oxygens (including phenoxy) is 2. The Morgan fingerprint density at radius 3 is 2.65 bits per heavy atom. The lowest BCUT2D eigenvalue weighted by Crippen LogP contribution is -2.44. The zero-order valence-electron chi connectivity index (χ0n) is 16.1. The van der Waals surface area contributed by atoms with Crippen molar-refractivity contribution in [2.24, 2.45) is 16.6 Å². The lowest BCUT2D eigenvalue weighted by atomic mass is 10.0. The van der Waals surface area contributed by atoms with Gasteiger partial charge < -0.3 is 20.1 Å². The van der Waals surface area contributed by atoms with E-state index in [1.165, 1.54) is 18.4 Å². The quantitative estimate of drug-likeness (QED) is 0.644. The molecule has 6 nitrogen and oxygen atoms in total. The molecule has 2 saturated heterocycles. The molecule has 0 bridgehead atoms. The number of likely N-dealkylation sites (tertiary alicyclic amines) is 1. The number of methoxy groups -OCH3 is 1. The number of hydrogen-bond donors (Lipinski definition) is 1. The Morgan fingerprint density at radius 2 is 2.00 bits per heavy atom. The van der Waals surface area contributed by atoms with Crippen LogP contribution in [0.4, 0.5) is 0 Å². The fourth-order valence-electron chi connectivity index (χ4n) is 3.82. The zero-order chi connectivity index (χ0) is 18.4. The highest BCUT2D eigenvalue weighted by atomic mass is 16.5. The largest absolute Gasteiger partial charge is 0.497 e. The van der Waals surface area contributed by atoms with Gasteiger partial charge in [0.25, 0.3) is 0 Å². The van der Waals surface area contributed by atoms with E-state index < -0.39 is 0 Å². The average Bonchev–Trinajstić information content (AvgIpc) is 2.69. The molecule has 6 heteroatoms. The van der Waals surface area contributed by atoms with Crippen LogP contribution in [-0.2, 0) is 4.74 Å². The summed E-state index contributed by atoms with van der Waals surface area (Å²) in [7, 11) is 1.69. The van der Waals surface area contributed by atoms with Gasteiger partial charge >= 0.3 is 0 Å². The second kappa shape index (κ2) is 9.24. The lowest BCUT2D eigenvalue weighted by molar-refractivity contribution is 0.0179. The molecule has 3 rings (SSSR count). The lowest BCUT2D eigenvalue weighted by Gasteiger charge is -2.35. The first-order valence-corrected chi connectivity index (χ1v) is 9.68. The van der Waals surface area contributed by atoms with Crippen LogP contribution in [0, 0.1) is 5.92 Å². The van der Waals surface area contributed by atoms with E-state index in [2.05, 4.69) is 28.9 Å². The standard InChI is InChI=1S/C20H32N4O2/c1-16-4-3-9-24(15-16)20(21)22-14-19(23-10-12-26-13-11-23)17-5-7-18(25-2)8-6-17/h5-8,16,19H,3-4,9-15H2,1-2H3,(H2,21,22). The van der Waals surface area contributed by atoms with Crippen molar-refractivity contribution in [2.75, 3.05) is 53.0 Å². The molecule has 2 aliphatic rings. The summed E-state index contributed by atoms with van der Waals surface area (Å²) in [5.74, 6) is 2.25. The van der Waals surface area contributed by atoms with Gasteiger partial charge in [-0.25, -0.2) is 0 Å². The molecule has 2 fully saturated rings. The molecule has 2 unspecified atom stereocenters. The van der Waals surface area contributed by atoms with E-state index in [1.807, 2.05) is 12.1 Å². The van der Waals surface area contributed by atoms with Crippen molar-refractivity contribution in [3.05, 3.63) is 29.8 Å². The number of nitrogens with two attached hydrogens (primary N) is 1. The predicted octanol–water partition coefficient (Wildman–Crippen LogP) is 2.12. The van der Waals surface area contributed by atoms with Crippen LogP contribution in [0.1, 0.15) is 31.4 Å². The normalized spacial score (nSPS) is 23.7. The molecule has 26 heavy (non-hydrogen) atoms. The van der Waals surface area contributed by atoms with Gasteiger partial charge in [0, 0.05) is 26.2 Å². The van der Waals surface area contributed by atoms with Crippen LogP contribution in [0.5, 0.6) is 5.75 Å². The summed E-state index contributed by atoms with van der Waals surface area (Å²) in [6, 6.07) is 8.51. The van der Waals surface area contributed by atoms with E-state index in [1.54, 1.807) is 7.11 Å². The molecular formula is C20H32N4O2. The van der Waals surface area contributed by atoms with Crippen molar-refractivity contribution in [1.29, 1.82) is 0 Å². The highest BCUT2D eigenvalue weighted by molar-refractivity contribution is 5.78. The molecule has 2 heterocycles. The van der Waals surface area contributed by atoms with Gasteiger partial charge in [0.05, 0.1) is 32.9 Å². The summed E-state index contributed by atoms with van der Waals surface area (Å²) >= 11 is 0. The van der Waals surface area contributed by atoms with Gasteiger partial charge in [-0.3, -0.25) is 9.89 Å². The van der Waals surface area contributed by atoms with Crippen LogP contribution in [0.15, 0.2) is 29.3 Å². The number of nitrogens with zero attached hydrogens (tertiary/aromatic N) is 3. The Balaban J connectivity index is 1.72. The first-order chi connectivity index (χ1) is 12.7. The van der Waals surface area contributed by atoms with E-state index in [-0.39, 0.29) is 6.04 Å². The number of morpholine rings is 1. The Morgan fingerprint density at radius 1 is 1.27 bits per heavy atom.